The molecule has 2 aliphatic carbocycles. The van der Waals surface area contributed by atoms with Gasteiger partial charge in [0.05, 0.1) is 25.3 Å². The van der Waals surface area contributed by atoms with Gasteiger partial charge in [0.25, 0.3) is 23.3 Å². The van der Waals surface area contributed by atoms with Gasteiger partial charge in [0.15, 0.2) is 0 Å². The van der Waals surface area contributed by atoms with Gasteiger partial charge in [0, 0.05) is 44.0 Å². The van der Waals surface area contributed by atoms with E-state index in [1.54, 1.807) is 30.0 Å². The molecule has 0 radical (unpaired) electrons. The summed E-state index contributed by atoms with van der Waals surface area (Å²) in [6, 6.07) is 8.56. The van der Waals surface area contributed by atoms with Crippen molar-refractivity contribution in [3.05, 3.63) is 75.3 Å². The molecule has 244 valence electrons. The van der Waals surface area contributed by atoms with E-state index < -0.39 is 43.0 Å². The maximum absolute atomic E-state index is 13.6. The van der Waals surface area contributed by atoms with Crippen molar-refractivity contribution in [1.29, 1.82) is 0 Å². The number of nitrogens with zero attached hydrogens (tertiary/aromatic N) is 3. The van der Waals surface area contributed by atoms with E-state index in [1.807, 2.05) is 0 Å². The molecule has 3 aromatic rings. The molecule has 0 atom stereocenters. The zero-order valence-electron chi connectivity index (χ0n) is 25.0. The lowest BCUT2D eigenvalue weighted by molar-refractivity contribution is -0.113. The van der Waals surface area contributed by atoms with Crippen LogP contribution in [0.3, 0.4) is 0 Å². The quantitative estimate of drug-likeness (QED) is 0.203. The van der Waals surface area contributed by atoms with Crippen molar-refractivity contribution in [3.63, 3.8) is 0 Å². The summed E-state index contributed by atoms with van der Waals surface area (Å²) < 4.78 is 64.4. The van der Waals surface area contributed by atoms with E-state index >= 15 is 0 Å². The van der Waals surface area contributed by atoms with Crippen LogP contribution in [0.15, 0.2) is 47.4 Å². The highest BCUT2D eigenvalue weighted by Crippen LogP contribution is 2.42. The van der Waals surface area contributed by atoms with Crippen LogP contribution in [0.5, 0.6) is 5.75 Å². The number of amides is 2. The van der Waals surface area contributed by atoms with Gasteiger partial charge in [-0.2, -0.15) is 8.78 Å². The van der Waals surface area contributed by atoms with Crippen LogP contribution >= 0.6 is 0 Å². The van der Waals surface area contributed by atoms with Gasteiger partial charge in [0.2, 0.25) is 0 Å². The molecule has 14 heteroatoms. The number of halogens is 4. The molecule has 3 aliphatic rings. The van der Waals surface area contributed by atoms with Crippen LogP contribution in [0.1, 0.15) is 69.6 Å². The molecule has 0 unspecified atom stereocenters. The fourth-order valence-electron chi connectivity index (χ4n) is 5.45. The molecule has 1 aliphatic heterocycles. The summed E-state index contributed by atoms with van der Waals surface area (Å²) in [5.74, 6) is -4.55. The van der Waals surface area contributed by atoms with E-state index in [0.29, 0.717) is 31.0 Å². The topological polar surface area (TPSA) is 115 Å². The van der Waals surface area contributed by atoms with Crippen LogP contribution < -0.4 is 20.9 Å². The number of rotatable bonds is 13. The molecule has 0 spiro atoms. The van der Waals surface area contributed by atoms with Gasteiger partial charge in [-0.05, 0) is 78.8 Å². The van der Waals surface area contributed by atoms with Crippen molar-refractivity contribution in [2.75, 3.05) is 38.7 Å². The van der Waals surface area contributed by atoms with E-state index in [9.17, 15) is 31.9 Å². The van der Waals surface area contributed by atoms with Crippen molar-refractivity contribution in [2.24, 2.45) is 0 Å². The van der Waals surface area contributed by atoms with Crippen LogP contribution in [-0.2, 0) is 11.3 Å². The second-order valence-electron chi connectivity index (χ2n) is 11.9. The Bertz CT molecular complexity index is 1700. The molecule has 0 bridgehead atoms. The van der Waals surface area contributed by atoms with Gasteiger partial charge >= 0.3 is 6.61 Å². The number of carbonyl (C=O) groups excluding carboxylic acids is 2. The number of alkyl halides is 4. The lowest BCUT2D eigenvalue weighted by Crippen LogP contribution is -2.58. The van der Waals surface area contributed by atoms with Crippen LogP contribution in [0, 0.1) is 0 Å². The van der Waals surface area contributed by atoms with Crippen LogP contribution in [-0.4, -0.2) is 72.2 Å². The average molecular weight is 644 g/mol. The van der Waals surface area contributed by atoms with Crippen molar-refractivity contribution in [1.82, 2.24) is 19.8 Å². The number of carbonyl (C=O) groups is 2. The minimum atomic E-state index is -3.16. The molecule has 2 aromatic heterocycles. The molecule has 2 amide bonds. The first-order valence-electron chi connectivity index (χ1n) is 15.1. The maximum Gasteiger partial charge on any atom is 0.387 e. The third-order valence-electron chi connectivity index (χ3n) is 8.07. The highest BCUT2D eigenvalue weighted by atomic mass is 19.3. The molecule has 2 saturated carbocycles. The third-order valence-corrected chi connectivity index (χ3v) is 8.07. The van der Waals surface area contributed by atoms with E-state index in [1.165, 1.54) is 18.2 Å². The number of anilines is 1. The first kappa shape index (κ1) is 31.7. The largest absolute Gasteiger partial charge is 0.435 e. The predicted octanol–water partition coefficient (Wildman–Crippen LogP) is 4.80. The molecular weight excluding hydrogens is 610 g/mol. The highest BCUT2D eigenvalue weighted by molar-refractivity contribution is 6.05. The molecule has 1 aromatic carbocycles. The molecular formula is C32H33F4N5O5. The van der Waals surface area contributed by atoms with Gasteiger partial charge < -0.3 is 29.6 Å². The molecule has 6 rings (SSSR count). The first-order chi connectivity index (χ1) is 22.0. The average Bonchev–Trinajstić information content (AvgIpc) is 3.91. The van der Waals surface area contributed by atoms with Crippen molar-refractivity contribution in [3.8, 4) is 16.9 Å². The lowest BCUT2D eigenvalue weighted by Gasteiger charge is -2.39. The fourth-order valence-corrected chi connectivity index (χ4v) is 5.45. The molecule has 46 heavy (non-hydrogen) atoms. The Morgan fingerprint density at radius 3 is 2.48 bits per heavy atom. The molecule has 1 saturated heterocycles. The minimum Gasteiger partial charge on any atom is -0.435 e. The highest BCUT2D eigenvalue weighted by Gasteiger charge is 2.47. The van der Waals surface area contributed by atoms with E-state index in [-0.39, 0.29) is 40.2 Å². The second-order valence-corrected chi connectivity index (χ2v) is 11.9. The second kappa shape index (κ2) is 12.8. The smallest absolute Gasteiger partial charge is 0.387 e. The van der Waals surface area contributed by atoms with Crippen LogP contribution in [0.2, 0.25) is 0 Å². The van der Waals surface area contributed by atoms with Gasteiger partial charge in [-0.3, -0.25) is 14.4 Å². The van der Waals surface area contributed by atoms with Gasteiger partial charge in [-0.25, -0.2) is 13.8 Å². The fraction of sp³-hybridized carbons (Fsp3) is 0.438. The summed E-state index contributed by atoms with van der Waals surface area (Å²) in [6.45, 7) is -3.25. The van der Waals surface area contributed by atoms with Crippen molar-refractivity contribution >= 4 is 17.6 Å². The lowest BCUT2D eigenvalue weighted by atomic mass is 9.96. The number of methoxy groups -OCH3 is 1. The van der Waals surface area contributed by atoms with Crippen LogP contribution in [0.4, 0.5) is 23.4 Å². The standard InChI is InChI=1S/C32H33F4N5O5/c1-45-9-8-37-14-18-10-25(30(44)41(15-18)21-4-5-21)28(42)39-27-12-20(11-26(38-27)19-2-3-19)23-7-6-22(46-31(33)34)13-24(23)29(43)40-16-32(35,36)17-40/h6-7,10-13,15,19,21,31,37H,2-5,8-9,14,16-17H2,1H3,(H,38,39,42). The predicted molar refractivity (Wildman–Crippen MR) is 160 cm³/mol. The maximum atomic E-state index is 13.6. The summed E-state index contributed by atoms with van der Waals surface area (Å²) in [5, 5.41) is 5.96. The van der Waals surface area contributed by atoms with Gasteiger partial charge in [0.1, 0.15) is 17.1 Å². The Hall–Kier alpha value is -4.30. The summed E-state index contributed by atoms with van der Waals surface area (Å²) in [7, 11) is 1.60. The summed E-state index contributed by atoms with van der Waals surface area (Å²) in [5.41, 5.74) is 1.47. The molecule has 10 nitrogen and oxygen atoms in total. The Balaban J connectivity index is 1.33. The number of nitrogens with one attached hydrogen (secondary N) is 2. The van der Waals surface area contributed by atoms with E-state index in [0.717, 1.165) is 42.2 Å². The number of aromatic nitrogens is 2. The van der Waals surface area contributed by atoms with Gasteiger partial charge in [-0.1, -0.05) is 0 Å². The SMILES string of the molecule is COCCNCc1cc(C(=O)Nc2cc(-c3ccc(OC(F)F)cc3C(=O)N3CC(F)(F)C3)cc(C3CC3)n2)c(=O)n(C2CC2)c1. The van der Waals surface area contributed by atoms with Crippen molar-refractivity contribution < 1.29 is 36.6 Å². The van der Waals surface area contributed by atoms with Gasteiger partial charge in [-0.15, -0.1) is 0 Å². The minimum absolute atomic E-state index is 0.0280. The Kier molecular flexibility index (Phi) is 8.84. The normalized spacial score (nSPS) is 17.1. The number of ether oxygens (including phenoxy) is 2. The summed E-state index contributed by atoms with van der Waals surface area (Å²) in [6.07, 6.45) is 5.14. The summed E-state index contributed by atoms with van der Waals surface area (Å²) in [4.78, 5) is 45.8. The van der Waals surface area contributed by atoms with Crippen LogP contribution in [0.25, 0.3) is 11.1 Å². The number of likely N-dealkylation sites (tertiary alicyclic amines) is 1. The number of pyridine rings is 2. The molecule has 2 N–H and O–H groups in total. The molecule has 3 heterocycles. The Labute approximate surface area is 261 Å². The van der Waals surface area contributed by atoms with E-state index in [2.05, 4.69) is 20.4 Å². The zero-order valence-corrected chi connectivity index (χ0v) is 25.0. The molecule has 3 fully saturated rings. The summed E-state index contributed by atoms with van der Waals surface area (Å²) >= 11 is 0. The van der Waals surface area contributed by atoms with Crippen molar-refractivity contribution in [2.45, 2.75) is 56.7 Å². The Morgan fingerprint density at radius 1 is 1.07 bits per heavy atom. The van der Waals surface area contributed by atoms with E-state index in [4.69, 9.17) is 4.74 Å². The number of benzene rings is 1. The first-order valence-corrected chi connectivity index (χ1v) is 15.1. The third kappa shape index (κ3) is 7.23. The monoisotopic (exact) mass is 643 g/mol. The Morgan fingerprint density at radius 2 is 1.83 bits per heavy atom. The number of hydrogen-bond donors (Lipinski definition) is 2. The zero-order chi connectivity index (χ0) is 32.6. The number of hydrogen-bond acceptors (Lipinski definition) is 7.